The van der Waals surface area contributed by atoms with Gasteiger partial charge in [0.2, 0.25) is 0 Å². The van der Waals surface area contributed by atoms with Crippen LogP contribution in [0.2, 0.25) is 0 Å². The molecule has 0 aliphatic heterocycles. The van der Waals surface area contributed by atoms with Crippen molar-refractivity contribution < 1.29 is 5.11 Å². The van der Waals surface area contributed by atoms with Crippen LogP contribution in [-0.4, -0.2) is 11.2 Å². The summed E-state index contributed by atoms with van der Waals surface area (Å²) in [5, 5.41) is 9.04. The van der Waals surface area contributed by atoms with Crippen molar-refractivity contribution >= 4 is 0 Å². The van der Waals surface area contributed by atoms with Crippen LogP contribution in [0.25, 0.3) is 0 Å². The molecule has 62 valence electrons. The maximum atomic E-state index is 9.04. The van der Waals surface area contributed by atoms with Gasteiger partial charge >= 0.3 is 0 Å². The van der Waals surface area contributed by atoms with E-state index >= 15 is 0 Å². The minimum Gasteiger partial charge on any atom is -0.400 e. The summed E-state index contributed by atoms with van der Waals surface area (Å²) in [6.07, 6.45) is 8.09. The molecule has 2 heteroatoms. The topological polar surface area (TPSA) is 46.2 Å². The second-order valence-corrected chi connectivity index (χ2v) is 1.88. The van der Waals surface area contributed by atoms with Crippen LogP contribution in [0.15, 0.2) is 36.1 Å². The fraction of sp³-hybridized carbons (Fsp3) is 0.333. The van der Waals surface area contributed by atoms with Crippen molar-refractivity contribution in [3.63, 3.8) is 0 Å². The summed E-state index contributed by atoms with van der Waals surface area (Å²) in [6.45, 7) is 4.00. The summed E-state index contributed by atoms with van der Waals surface area (Å²) in [5.74, 6) is 0. The third-order valence-electron chi connectivity index (χ3n) is 1.15. The van der Waals surface area contributed by atoms with Crippen LogP contribution in [0.3, 0.4) is 0 Å². The van der Waals surface area contributed by atoms with Crippen molar-refractivity contribution in [2.45, 2.75) is 20.0 Å². The predicted molar refractivity (Wildman–Crippen MR) is 47.9 cm³/mol. The summed E-state index contributed by atoms with van der Waals surface area (Å²) >= 11 is 0. The van der Waals surface area contributed by atoms with E-state index in [1.165, 1.54) is 0 Å². The summed E-state index contributed by atoms with van der Waals surface area (Å²) in [5.41, 5.74) is 5.87. The van der Waals surface area contributed by atoms with E-state index in [-0.39, 0.29) is 0 Å². The number of aliphatic hydroxyl groups excluding tert-OH is 1. The fourth-order valence-electron chi connectivity index (χ4n) is 0.610. The van der Waals surface area contributed by atoms with Gasteiger partial charge in [-0.2, -0.15) is 0 Å². The molecule has 0 radical (unpaired) electrons. The molecule has 0 spiro atoms. The number of hydrogen-bond acceptors (Lipinski definition) is 2. The van der Waals surface area contributed by atoms with E-state index in [0.29, 0.717) is 5.70 Å². The molecule has 0 bridgehead atoms. The van der Waals surface area contributed by atoms with Crippen LogP contribution < -0.4 is 5.73 Å². The third-order valence-corrected chi connectivity index (χ3v) is 1.15. The normalized spacial score (nSPS) is 21.4. The van der Waals surface area contributed by atoms with Crippen molar-refractivity contribution in [3.05, 3.63) is 36.1 Å². The lowest BCUT2D eigenvalue weighted by molar-refractivity contribution is 0.257. The highest BCUT2D eigenvalue weighted by molar-refractivity contribution is 5.25. The van der Waals surface area contributed by atoms with Gasteiger partial charge in [0.1, 0.15) is 6.10 Å². The van der Waals surface area contributed by atoms with Gasteiger partial charge < -0.3 is 10.8 Å². The van der Waals surface area contributed by atoms with Crippen molar-refractivity contribution in [1.29, 1.82) is 0 Å². The van der Waals surface area contributed by atoms with E-state index in [9.17, 15) is 0 Å². The Labute approximate surface area is 67.7 Å². The summed E-state index contributed by atoms with van der Waals surface area (Å²) in [6, 6.07) is 0. The van der Waals surface area contributed by atoms with Crippen molar-refractivity contribution in [2.24, 2.45) is 5.73 Å². The molecule has 1 aliphatic carbocycles. The van der Waals surface area contributed by atoms with Gasteiger partial charge in [0.15, 0.2) is 0 Å². The number of allylic oxidation sites excluding steroid dienone is 4. The Morgan fingerprint density at radius 3 is 2.55 bits per heavy atom. The van der Waals surface area contributed by atoms with Crippen molar-refractivity contribution in [3.8, 4) is 0 Å². The molecule has 0 fully saturated rings. The molecule has 0 aromatic heterocycles. The Morgan fingerprint density at radius 2 is 1.91 bits per heavy atom. The molecule has 11 heavy (non-hydrogen) atoms. The largest absolute Gasteiger partial charge is 0.400 e. The Balaban J connectivity index is 0.000000461. The monoisotopic (exact) mass is 153 g/mol. The molecule has 1 unspecified atom stereocenters. The fourth-order valence-corrected chi connectivity index (χ4v) is 0.610. The zero-order valence-corrected chi connectivity index (χ0v) is 6.99. The third kappa shape index (κ3) is 3.63. The zero-order valence-electron chi connectivity index (χ0n) is 6.99. The molecule has 0 heterocycles. The van der Waals surface area contributed by atoms with E-state index < -0.39 is 6.10 Å². The first-order valence-electron chi connectivity index (χ1n) is 3.79. The zero-order chi connectivity index (χ0) is 8.69. The first-order valence-corrected chi connectivity index (χ1v) is 3.79. The van der Waals surface area contributed by atoms with Crippen LogP contribution in [-0.2, 0) is 0 Å². The molecule has 1 atom stereocenters. The highest BCUT2D eigenvalue weighted by atomic mass is 16.3. The first kappa shape index (κ1) is 9.98. The van der Waals surface area contributed by atoms with Gasteiger partial charge in [-0.3, -0.25) is 0 Å². The van der Waals surface area contributed by atoms with Gasteiger partial charge in [0.25, 0.3) is 0 Å². The summed E-state index contributed by atoms with van der Waals surface area (Å²) < 4.78 is 0. The van der Waals surface area contributed by atoms with Crippen molar-refractivity contribution in [2.75, 3.05) is 0 Å². The van der Waals surface area contributed by atoms with Gasteiger partial charge in [-0.15, -0.1) is 0 Å². The van der Waals surface area contributed by atoms with E-state index in [4.69, 9.17) is 10.8 Å². The standard InChI is InChI=1S/C7H9NO.C2H6/c8-6-4-2-1-3-5-7(6)9;1-2/h1-5,7,9H,8H2;1-2H3. The minimum absolute atomic E-state index is 0.486. The molecule has 0 amide bonds. The predicted octanol–water partition coefficient (Wildman–Crippen LogP) is 1.34. The van der Waals surface area contributed by atoms with Gasteiger partial charge in [-0.1, -0.05) is 38.2 Å². The number of hydrogen-bond donors (Lipinski definition) is 2. The van der Waals surface area contributed by atoms with E-state index in [0.717, 1.165) is 0 Å². The summed E-state index contributed by atoms with van der Waals surface area (Å²) in [7, 11) is 0. The average Bonchev–Trinajstić information content (AvgIpc) is 2.22. The van der Waals surface area contributed by atoms with Crippen LogP contribution in [0.1, 0.15) is 13.8 Å². The molecule has 0 saturated heterocycles. The van der Waals surface area contributed by atoms with Gasteiger partial charge in [0, 0.05) is 5.70 Å². The maximum absolute atomic E-state index is 9.04. The highest BCUT2D eigenvalue weighted by Crippen LogP contribution is 2.00. The SMILES string of the molecule is CC.NC1=CC=CC=CC1O. The quantitative estimate of drug-likeness (QED) is 0.551. The van der Waals surface area contributed by atoms with Crippen molar-refractivity contribution in [1.82, 2.24) is 0 Å². The molecule has 0 aromatic carbocycles. The Bertz CT molecular complexity index is 180. The minimum atomic E-state index is -0.611. The lowest BCUT2D eigenvalue weighted by atomic mass is 10.2. The lowest BCUT2D eigenvalue weighted by Crippen LogP contribution is -2.13. The molecular formula is C9H15NO. The molecule has 2 nitrogen and oxygen atoms in total. The Hall–Kier alpha value is -1.02. The number of aliphatic hydroxyl groups is 1. The van der Waals surface area contributed by atoms with Crippen LogP contribution in [0, 0.1) is 0 Å². The molecule has 0 saturated carbocycles. The van der Waals surface area contributed by atoms with E-state index in [2.05, 4.69) is 0 Å². The molecule has 0 aromatic rings. The van der Waals surface area contributed by atoms with Gasteiger partial charge in [0.05, 0.1) is 0 Å². The van der Waals surface area contributed by atoms with E-state index in [1.807, 2.05) is 19.9 Å². The lowest BCUT2D eigenvalue weighted by Gasteiger charge is -2.01. The molecule has 1 aliphatic rings. The van der Waals surface area contributed by atoms with Gasteiger partial charge in [-0.05, 0) is 6.08 Å². The van der Waals surface area contributed by atoms with Gasteiger partial charge in [-0.25, -0.2) is 0 Å². The maximum Gasteiger partial charge on any atom is 0.112 e. The second kappa shape index (κ2) is 5.74. The second-order valence-electron chi connectivity index (χ2n) is 1.88. The molecular weight excluding hydrogens is 138 g/mol. The Kier molecular flexibility index (Phi) is 5.21. The van der Waals surface area contributed by atoms with Crippen LogP contribution in [0.4, 0.5) is 0 Å². The first-order chi connectivity index (χ1) is 5.30. The number of nitrogens with two attached hydrogens (primary N) is 1. The molecule has 1 rings (SSSR count). The Morgan fingerprint density at radius 1 is 1.27 bits per heavy atom. The highest BCUT2D eigenvalue weighted by Gasteiger charge is 2.00. The number of rotatable bonds is 0. The van der Waals surface area contributed by atoms with Crippen LogP contribution >= 0.6 is 0 Å². The average molecular weight is 153 g/mol. The molecule has 3 N–H and O–H groups in total. The smallest absolute Gasteiger partial charge is 0.112 e. The van der Waals surface area contributed by atoms with E-state index in [1.54, 1.807) is 24.3 Å². The van der Waals surface area contributed by atoms with Crippen LogP contribution in [0.5, 0.6) is 0 Å². The summed E-state index contributed by atoms with van der Waals surface area (Å²) in [4.78, 5) is 0.